The molecular weight excluding hydrogens is 433 g/mol. The van der Waals surface area contributed by atoms with E-state index in [1.807, 2.05) is 18.4 Å². The molecule has 0 aliphatic heterocycles. The zero-order valence-corrected chi connectivity index (χ0v) is 17.5. The van der Waals surface area contributed by atoms with Gasteiger partial charge in [0.1, 0.15) is 15.5 Å². The Hall–Kier alpha value is -2.63. The monoisotopic (exact) mass is 447 g/mol. The topological polar surface area (TPSA) is 89.8 Å². The average Bonchev–Trinajstić information content (AvgIpc) is 3.38. The van der Waals surface area contributed by atoms with Crippen molar-refractivity contribution in [2.24, 2.45) is 0 Å². The number of amides is 1. The van der Waals surface area contributed by atoms with Crippen LogP contribution in [0.2, 0.25) is 0 Å². The fourth-order valence-electron chi connectivity index (χ4n) is 2.56. The van der Waals surface area contributed by atoms with Crippen LogP contribution in [0.3, 0.4) is 0 Å². The van der Waals surface area contributed by atoms with Crippen molar-refractivity contribution < 1.29 is 9.18 Å². The van der Waals surface area contributed by atoms with E-state index in [1.165, 1.54) is 47.4 Å². The number of anilines is 1. The third-order valence-corrected chi connectivity index (χ3v) is 6.92. The highest BCUT2D eigenvalue weighted by molar-refractivity contribution is 7.98. The number of thiophene rings is 1. The SMILES string of the molecule is CCn1c(SCc2nnc(C(=O)Nc3ccc(F)cc3)s2)nc2ccsc2c1=O. The lowest BCUT2D eigenvalue weighted by molar-refractivity contribution is 0.102. The summed E-state index contributed by atoms with van der Waals surface area (Å²) in [5.74, 6) is -0.351. The molecule has 29 heavy (non-hydrogen) atoms. The van der Waals surface area contributed by atoms with Crippen molar-refractivity contribution >= 4 is 56.2 Å². The lowest BCUT2D eigenvalue weighted by Crippen LogP contribution is -2.21. The number of carbonyl (C=O) groups is 1. The van der Waals surface area contributed by atoms with Gasteiger partial charge < -0.3 is 5.32 Å². The molecule has 11 heteroatoms. The maximum absolute atomic E-state index is 13.0. The first-order chi connectivity index (χ1) is 14.0. The molecule has 0 fully saturated rings. The second-order valence-electron chi connectivity index (χ2n) is 5.83. The Morgan fingerprint density at radius 2 is 2.03 bits per heavy atom. The minimum absolute atomic E-state index is 0.0494. The summed E-state index contributed by atoms with van der Waals surface area (Å²) in [6, 6.07) is 7.31. The molecule has 0 spiro atoms. The Morgan fingerprint density at radius 1 is 1.24 bits per heavy atom. The molecular formula is C18H14FN5O2S3. The highest BCUT2D eigenvalue weighted by Gasteiger charge is 2.16. The summed E-state index contributed by atoms with van der Waals surface area (Å²) in [6.07, 6.45) is 0. The molecule has 4 aromatic rings. The van der Waals surface area contributed by atoms with E-state index in [2.05, 4.69) is 20.5 Å². The molecule has 0 unspecified atom stereocenters. The molecule has 0 saturated heterocycles. The largest absolute Gasteiger partial charge is 0.320 e. The Morgan fingerprint density at radius 3 is 2.79 bits per heavy atom. The number of halogens is 1. The van der Waals surface area contributed by atoms with Crippen LogP contribution in [-0.2, 0) is 12.3 Å². The van der Waals surface area contributed by atoms with Crippen LogP contribution < -0.4 is 10.9 Å². The zero-order chi connectivity index (χ0) is 20.4. The first-order valence-corrected chi connectivity index (χ1v) is 11.2. The lowest BCUT2D eigenvalue weighted by atomic mass is 10.3. The number of benzene rings is 1. The van der Waals surface area contributed by atoms with Crippen LogP contribution in [0.4, 0.5) is 10.1 Å². The summed E-state index contributed by atoms with van der Waals surface area (Å²) in [5, 5.41) is 13.9. The maximum Gasteiger partial charge on any atom is 0.286 e. The van der Waals surface area contributed by atoms with Crippen LogP contribution in [0, 0.1) is 5.82 Å². The van der Waals surface area contributed by atoms with Crippen molar-refractivity contribution in [1.82, 2.24) is 19.7 Å². The van der Waals surface area contributed by atoms with E-state index in [1.54, 1.807) is 4.57 Å². The van der Waals surface area contributed by atoms with E-state index in [9.17, 15) is 14.0 Å². The third-order valence-electron chi connectivity index (χ3n) is 3.93. The van der Waals surface area contributed by atoms with Crippen LogP contribution in [0.1, 0.15) is 21.7 Å². The van der Waals surface area contributed by atoms with Crippen molar-refractivity contribution in [1.29, 1.82) is 0 Å². The van der Waals surface area contributed by atoms with Crippen LogP contribution in [0.25, 0.3) is 10.2 Å². The van der Waals surface area contributed by atoms with E-state index in [-0.39, 0.29) is 16.4 Å². The van der Waals surface area contributed by atoms with Crippen LogP contribution in [0.15, 0.2) is 45.7 Å². The molecule has 0 aliphatic carbocycles. The predicted octanol–water partition coefficient (Wildman–Crippen LogP) is 4.01. The summed E-state index contributed by atoms with van der Waals surface area (Å²) in [6.45, 7) is 2.42. The Balaban J connectivity index is 1.47. The third kappa shape index (κ3) is 4.21. The number of aromatic nitrogens is 4. The van der Waals surface area contributed by atoms with Crippen molar-refractivity contribution in [3.05, 3.63) is 61.9 Å². The van der Waals surface area contributed by atoms with E-state index in [0.29, 0.717) is 38.4 Å². The lowest BCUT2D eigenvalue weighted by Gasteiger charge is -2.08. The summed E-state index contributed by atoms with van der Waals surface area (Å²) in [4.78, 5) is 29.4. The zero-order valence-electron chi connectivity index (χ0n) is 15.1. The molecule has 0 bridgehead atoms. The van der Waals surface area contributed by atoms with Gasteiger partial charge in [0.2, 0.25) is 5.01 Å². The molecule has 1 N–H and O–H groups in total. The van der Waals surface area contributed by atoms with Crippen LogP contribution >= 0.6 is 34.4 Å². The molecule has 7 nitrogen and oxygen atoms in total. The summed E-state index contributed by atoms with van der Waals surface area (Å²) in [7, 11) is 0. The summed E-state index contributed by atoms with van der Waals surface area (Å²) < 4.78 is 15.2. The van der Waals surface area contributed by atoms with E-state index >= 15 is 0 Å². The highest BCUT2D eigenvalue weighted by atomic mass is 32.2. The van der Waals surface area contributed by atoms with Crippen LogP contribution in [-0.4, -0.2) is 25.7 Å². The number of carbonyl (C=O) groups excluding carboxylic acids is 1. The van der Waals surface area contributed by atoms with Crippen molar-refractivity contribution in [3.8, 4) is 0 Å². The fourth-order valence-corrected chi connectivity index (χ4v) is 5.12. The molecule has 0 radical (unpaired) electrons. The molecule has 4 rings (SSSR count). The molecule has 0 atom stereocenters. The molecule has 3 heterocycles. The Kier molecular flexibility index (Phi) is 5.69. The van der Waals surface area contributed by atoms with Gasteiger partial charge in [-0.3, -0.25) is 14.2 Å². The predicted molar refractivity (Wildman–Crippen MR) is 113 cm³/mol. The average molecular weight is 448 g/mol. The fraction of sp³-hybridized carbons (Fsp3) is 0.167. The summed E-state index contributed by atoms with van der Waals surface area (Å²) in [5.41, 5.74) is 1.11. The highest BCUT2D eigenvalue weighted by Crippen LogP contribution is 2.25. The molecule has 1 amide bonds. The van der Waals surface area contributed by atoms with E-state index in [4.69, 9.17) is 0 Å². The maximum atomic E-state index is 13.0. The van der Waals surface area contributed by atoms with Gasteiger partial charge in [-0.05, 0) is 42.6 Å². The van der Waals surface area contributed by atoms with Crippen molar-refractivity contribution in [3.63, 3.8) is 0 Å². The minimum atomic E-state index is -0.409. The van der Waals surface area contributed by atoms with Gasteiger partial charge in [0.25, 0.3) is 11.5 Å². The van der Waals surface area contributed by atoms with Crippen LogP contribution in [0.5, 0.6) is 0 Å². The molecule has 3 aromatic heterocycles. The first kappa shape index (κ1) is 19.7. The van der Waals surface area contributed by atoms with E-state index < -0.39 is 5.91 Å². The number of fused-ring (bicyclic) bond motifs is 1. The number of nitrogens with zero attached hydrogens (tertiary/aromatic N) is 4. The van der Waals surface area contributed by atoms with Gasteiger partial charge in [0.15, 0.2) is 5.16 Å². The summed E-state index contributed by atoms with van der Waals surface area (Å²) >= 11 is 3.93. The Labute approximate surface area is 176 Å². The van der Waals surface area contributed by atoms with Gasteiger partial charge in [0, 0.05) is 12.2 Å². The van der Waals surface area contributed by atoms with Gasteiger partial charge in [-0.25, -0.2) is 9.37 Å². The number of hydrogen-bond acceptors (Lipinski definition) is 8. The first-order valence-electron chi connectivity index (χ1n) is 8.55. The van der Waals surface area contributed by atoms with Gasteiger partial charge in [0.05, 0.1) is 11.3 Å². The van der Waals surface area contributed by atoms with E-state index in [0.717, 1.165) is 11.3 Å². The number of thioether (sulfide) groups is 1. The van der Waals surface area contributed by atoms with Crippen molar-refractivity contribution in [2.75, 3.05) is 5.32 Å². The van der Waals surface area contributed by atoms with Gasteiger partial charge >= 0.3 is 0 Å². The number of rotatable bonds is 6. The minimum Gasteiger partial charge on any atom is -0.320 e. The van der Waals surface area contributed by atoms with Gasteiger partial charge in [-0.1, -0.05) is 23.1 Å². The molecule has 0 aliphatic rings. The smallest absolute Gasteiger partial charge is 0.286 e. The molecule has 1 aromatic carbocycles. The van der Waals surface area contributed by atoms with Gasteiger partial charge in [-0.15, -0.1) is 21.5 Å². The standard InChI is InChI=1S/C18H14FN5O2S3/c1-2-24-17(26)14-12(7-8-27-14)21-18(24)28-9-13-22-23-16(29-13)15(25)20-11-5-3-10(19)4-6-11/h3-8H,2,9H2,1H3,(H,20,25). The quantitative estimate of drug-likeness (QED) is 0.355. The second kappa shape index (κ2) is 8.39. The number of nitrogens with one attached hydrogen (secondary N) is 1. The number of hydrogen-bond donors (Lipinski definition) is 1. The van der Waals surface area contributed by atoms with Crippen molar-refractivity contribution in [2.45, 2.75) is 24.4 Å². The second-order valence-corrected chi connectivity index (χ2v) is 8.75. The Bertz CT molecular complexity index is 1230. The molecule has 0 saturated carbocycles. The molecule has 148 valence electrons. The normalized spacial score (nSPS) is 11.1. The van der Waals surface area contributed by atoms with Gasteiger partial charge in [-0.2, -0.15) is 0 Å².